The van der Waals surface area contributed by atoms with E-state index in [9.17, 15) is 4.79 Å². The van der Waals surface area contributed by atoms with Gasteiger partial charge in [-0.25, -0.2) is 4.79 Å². The first-order valence-corrected chi connectivity index (χ1v) is 6.67. The molecule has 0 aliphatic carbocycles. The van der Waals surface area contributed by atoms with Crippen molar-refractivity contribution in [3.63, 3.8) is 0 Å². The number of aryl methyl sites for hydroxylation is 1. The van der Waals surface area contributed by atoms with Crippen molar-refractivity contribution in [3.8, 4) is 0 Å². The molecule has 1 heterocycles. The van der Waals surface area contributed by atoms with E-state index in [-0.39, 0.29) is 6.03 Å². The molecule has 0 radical (unpaired) electrons. The Hall–Kier alpha value is -1.51. The summed E-state index contributed by atoms with van der Waals surface area (Å²) >= 11 is 0. The summed E-state index contributed by atoms with van der Waals surface area (Å²) in [5.41, 5.74) is 2.15. The fourth-order valence-corrected chi connectivity index (χ4v) is 2.36. The zero-order valence-corrected chi connectivity index (χ0v) is 11.5. The van der Waals surface area contributed by atoms with Crippen LogP contribution in [-0.4, -0.2) is 31.1 Å². The van der Waals surface area contributed by atoms with Gasteiger partial charge in [-0.05, 0) is 43.4 Å². The molecule has 18 heavy (non-hydrogen) atoms. The number of anilines is 1. The Balaban J connectivity index is 2.04. The minimum absolute atomic E-state index is 0.118. The van der Waals surface area contributed by atoms with Crippen molar-refractivity contribution in [1.29, 1.82) is 0 Å². The molecule has 1 fully saturated rings. The van der Waals surface area contributed by atoms with Crippen LogP contribution in [0.1, 0.15) is 25.3 Å². The van der Waals surface area contributed by atoms with Gasteiger partial charge in [-0.15, -0.1) is 0 Å². The van der Waals surface area contributed by atoms with Gasteiger partial charge in [0.25, 0.3) is 0 Å². The number of hydrogen-bond acceptors (Lipinski definition) is 1. The lowest BCUT2D eigenvalue weighted by Gasteiger charge is -2.33. The van der Waals surface area contributed by atoms with Crippen LogP contribution in [0.4, 0.5) is 10.5 Å². The maximum absolute atomic E-state index is 12.4. The Morgan fingerprint density at radius 1 is 1.33 bits per heavy atom. The summed E-state index contributed by atoms with van der Waals surface area (Å²) < 4.78 is 0. The molecule has 0 unspecified atom stereocenters. The number of benzene rings is 1. The molecular weight excluding hydrogens is 224 g/mol. The van der Waals surface area contributed by atoms with E-state index >= 15 is 0 Å². The van der Waals surface area contributed by atoms with E-state index < -0.39 is 0 Å². The number of piperidine rings is 1. The van der Waals surface area contributed by atoms with Crippen molar-refractivity contribution in [2.24, 2.45) is 5.92 Å². The third-order valence-corrected chi connectivity index (χ3v) is 3.73. The van der Waals surface area contributed by atoms with E-state index in [4.69, 9.17) is 0 Å². The lowest BCUT2D eigenvalue weighted by atomic mass is 9.99. The molecule has 2 rings (SSSR count). The normalized spacial score (nSPS) is 16.7. The number of carbonyl (C=O) groups is 1. The second kappa shape index (κ2) is 5.42. The van der Waals surface area contributed by atoms with Crippen LogP contribution in [0.3, 0.4) is 0 Å². The lowest BCUT2D eigenvalue weighted by molar-refractivity contribution is 0.181. The minimum atomic E-state index is 0.118. The second-order valence-corrected chi connectivity index (χ2v) is 5.35. The van der Waals surface area contributed by atoms with Gasteiger partial charge in [-0.2, -0.15) is 0 Å². The molecule has 0 bridgehead atoms. The average molecular weight is 246 g/mol. The highest BCUT2D eigenvalue weighted by Gasteiger charge is 2.23. The topological polar surface area (TPSA) is 23.6 Å². The first-order chi connectivity index (χ1) is 8.58. The second-order valence-electron chi connectivity index (χ2n) is 5.35. The molecule has 3 nitrogen and oxygen atoms in total. The number of urea groups is 1. The van der Waals surface area contributed by atoms with Crippen LogP contribution >= 0.6 is 0 Å². The van der Waals surface area contributed by atoms with Crippen molar-refractivity contribution in [1.82, 2.24) is 4.90 Å². The number of carbonyl (C=O) groups excluding carboxylic acids is 1. The van der Waals surface area contributed by atoms with Crippen LogP contribution in [0.15, 0.2) is 24.3 Å². The highest BCUT2D eigenvalue weighted by molar-refractivity contribution is 5.91. The smallest absolute Gasteiger partial charge is 0.324 e. The standard InChI is InChI=1S/C15H22N2O/c1-12-7-9-17(10-8-12)15(18)16(3)14-6-4-5-13(2)11-14/h4-6,11-12H,7-10H2,1-3H3. The summed E-state index contributed by atoms with van der Waals surface area (Å²) in [5.74, 6) is 0.748. The van der Waals surface area contributed by atoms with Crippen molar-refractivity contribution >= 4 is 11.7 Å². The third kappa shape index (κ3) is 2.84. The van der Waals surface area contributed by atoms with E-state index in [1.807, 2.05) is 43.1 Å². The van der Waals surface area contributed by atoms with Crippen molar-refractivity contribution in [2.45, 2.75) is 26.7 Å². The Morgan fingerprint density at radius 2 is 2.00 bits per heavy atom. The molecule has 98 valence electrons. The van der Waals surface area contributed by atoms with Gasteiger partial charge >= 0.3 is 6.03 Å². The Morgan fingerprint density at radius 3 is 2.61 bits per heavy atom. The maximum atomic E-state index is 12.4. The van der Waals surface area contributed by atoms with E-state index in [2.05, 4.69) is 6.92 Å². The molecule has 2 amide bonds. The summed E-state index contributed by atoms with van der Waals surface area (Å²) in [5, 5.41) is 0. The lowest BCUT2D eigenvalue weighted by Crippen LogP contribution is -2.45. The number of hydrogen-bond donors (Lipinski definition) is 0. The van der Waals surface area contributed by atoms with E-state index in [1.165, 1.54) is 5.56 Å². The molecule has 1 aliphatic rings. The third-order valence-electron chi connectivity index (χ3n) is 3.73. The van der Waals surface area contributed by atoms with Crippen LogP contribution in [0, 0.1) is 12.8 Å². The molecule has 3 heteroatoms. The first kappa shape index (κ1) is 12.9. The van der Waals surface area contributed by atoms with Gasteiger partial charge in [0.05, 0.1) is 0 Å². The first-order valence-electron chi connectivity index (χ1n) is 6.67. The summed E-state index contributed by atoms with van der Waals surface area (Å²) in [4.78, 5) is 16.1. The molecular formula is C15H22N2O. The number of rotatable bonds is 1. The highest BCUT2D eigenvalue weighted by atomic mass is 16.2. The van der Waals surface area contributed by atoms with Crippen LogP contribution in [-0.2, 0) is 0 Å². The summed E-state index contributed by atoms with van der Waals surface area (Å²) in [6.45, 7) is 6.07. The monoisotopic (exact) mass is 246 g/mol. The van der Waals surface area contributed by atoms with Crippen LogP contribution < -0.4 is 4.90 Å². The molecule has 1 aromatic rings. The average Bonchev–Trinajstić information content (AvgIpc) is 2.38. The van der Waals surface area contributed by atoms with Crippen LogP contribution in [0.25, 0.3) is 0 Å². The Bertz CT molecular complexity index is 422. The molecule has 0 aromatic heterocycles. The van der Waals surface area contributed by atoms with Gasteiger partial charge in [0.1, 0.15) is 0 Å². The summed E-state index contributed by atoms with van der Waals surface area (Å²) in [6, 6.07) is 8.19. The van der Waals surface area contributed by atoms with Gasteiger partial charge in [0, 0.05) is 25.8 Å². The quantitative estimate of drug-likeness (QED) is 0.746. The predicted molar refractivity (Wildman–Crippen MR) is 74.9 cm³/mol. The molecule has 0 saturated carbocycles. The molecule has 1 aromatic carbocycles. The minimum Gasteiger partial charge on any atom is -0.324 e. The fraction of sp³-hybridized carbons (Fsp3) is 0.533. The van der Waals surface area contributed by atoms with Crippen molar-refractivity contribution < 1.29 is 4.79 Å². The highest BCUT2D eigenvalue weighted by Crippen LogP contribution is 2.20. The number of nitrogens with zero attached hydrogens (tertiary/aromatic N) is 2. The Kier molecular flexibility index (Phi) is 3.90. The van der Waals surface area contributed by atoms with Crippen LogP contribution in [0.2, 0.25) is 0 Å². The van der Waals surface area contributed by atoms with Crippen LogP contribution in [0.5, 0.6) is 0 Å². The maximum Gasteiger partial charge on any atom is 0.324 e. The largest absolute Gasteiger partial charge is 0.324 e. The molecule has 0 N–H and O–H groups in total. The number of likely N-dealkylation sites (tertiary alicyclic amines) is 1. The zero-order chi connectivity index (χ0) is 13.1. The Labute approximate surface area is 109 Å². The van der Waals surface area contributed by atoms with Crippen molar-refractivity contribution in [3.05, 3.63) is 29.8 Å². The predicted octanol–water partition coefficient (Wildman–Crippen LogP) is 3.28. The van der Waals surface area contributed by atoms with Gasteiger partial charge in [0.15, 0.2) is 0 Å². The van der Waals surface area contributed by atoms with E-state index in [0.717, 1.165) is 37.5 Å². The molecule has 1 saturated heterocycles. The number of amides is 2. The van der Waals surface area contributed by atoms with Gasteiger partial charge in [0.2, 0.25) is 0 Å². The molecule has 1 aliphatic heterocycles. The van der Waals surface area contributed by atoms with Gasteiger partial charge in [-0.1, -0.05) is 19.1 Å². The van der Waals surface area contributed by atoms with Gasteiger partial charge in [-0.3, -0.25) is 4.90 Å². The summed E-state index contributed by atoms with van der Waals surface area (Å²) in [7, 11) is 1.86. The summed E-state index contributed by atoms with van der Waals surface area (Å²) in [6.07, 6.45) is 2.24. The zero-order valence-electron chi connectivity index (χ0n) is 11.5. The van der Waals surface area contributed by atoms with E-state index in [1.54, 1.807) is 4.90 Å². The molecule has 0 atom stereocenters. The fourth-order valence-electron chi connectivity index (χ4n) is 2.36. The van der Waals surface area contributed by atoms with E-state index in [0.29, 0.717) is 0 Å². The van der Waals surface area contributed by atoms with Gasteiger partial charge < -0.3 is 4.90 Å². The SMILES string of the molecule is Cc1cccc(N(C)C(=O)N2CCC(C)CC2)c1. The van der Waals surface area contributed by atoms with Crippen molar-refractivity contribution in [2.75, 3.05) is 25.0 Å². The molecule has 0 spiro atoms.